The van der Waals surface area contributed by atoms with Crippen LogP contribution in [0, 0.1) is 17.1 Å². The van der Waals surface area contributed by atoms with Crippen LogP contribution in [0.1, 0.15) is 12.1 Å². The highest BCUT2D eigenvalue weighted by atomic mass is 35.5. The summed E-state index contributed by atoms with van der Waals surface area (Å²) in [7, 11) is 0. The van der Waals surface area contributed by atoms with Gasteiger partial charge in [-0.05, 0) is 24.3 Å². The number of H-pyrrole nitrogens is 1. The topological polar surface area (TPSA) is 51.6 Å². The van der Waals surface area contributed by atoms with Gasteiger partial charge in [-0.2, -0.15) is 5.26 Å². The third-order valence-electron chi connectivity index (χ3n) is 3.95. The monoisotopic (exact) mass is 341 g/mol. The van der Waals surface area contributed by atoms with E-state index < -0.39 is 0 Å². The molecule has 2 N–H and O–H groups in total. The zero-order valence-corrected chi connectivity index (χ0v) is 13.8. The van der Waals surface area contributed by atoms with Crippen molar-refractivity contribution in [3.63, 3.8) is 0 Å². The Morgan fingerprint density at radius 1 is 1.17 bits per heavy atom. The fourth-order valence-corrected chi connectivity index (χ4v) is 3.03. The lowest BCUT2D eigenvalue weighted by Gasteiger charge is -2.07. The predicted octanol–water partition coefficient (Wildman–Crippen LogP) is 4.67. The van der Waals surface area contributed by atoms with E-state index >= 15 is 0 Å². The Hall–Kier alpha value is -2.35. The SMILES string of the molecule is N#CCCNCCc1[nH]c2ccc(Cl)cc2c1-c1ccccc1F. The normalized spacial score (nSPS) is 10.9. The molecular weight excluding hydrogens is 325 g/mol. The molecule has 0 unspecified atom stereocenters. The first-order valence-corrected chi connectivity index (χ1v) is 8.21. The molecule has 24 heavy (non-hydrogen) atoms. The van der Waals surface area contributed by atoms with Gasteiger partial charge in [0, 0.05) is 58.7 Å². The number of hydrogen-bond donors (Lipinski definition) is 2. The highest BCUT2D eigenvalue weighted by Crippen LogP contribution is 2.35. The van der Waals surface area contributed by atoms with Gasteiger partial charge in [0.15, 0.2) is 0 Å². The van der Waals surface area contributed by atoms with Crippen molar-refractivity contribution in [2.45, 2.75) is 12.8 Å². The van der Waals surface area contributed by atoms with E-state index in [-0.39, 0.29) is 5.82 Å². The standard InChI is InChI=1S/C19H17ClFN3/c20-13-6-7-17-15(12-13)19(14-4-1-2-5-16(14)21)18(24-17)8-11-23-10-3-9-22/h1-2,4-7,12,23-24H,3,8,10-11H2. The van der Waals surface area contributed by atoms with Crippen molar-refractivity contribution in [2.24, 2.45) is 0 Å². The largest absolute Gasteiger partial charge is 0.358 e. The van der Waals surface area contributed by atoms with E-state index in [4.69, 9.17) is 16.9 Å². The lowest BCUT2D eigenvalue weighted by atomic mass is 10.00. The Bertz CT molecular complexity index is 895. The van der Waals surface area contributed by atoms with E-state index in [1.165, 1.54) is 6.07 Å². The minimum atomic E-state index is -0.253. The second kappa shape index (κ2) is 7.48. The average Bonchev–Trinajstić information content (AvgIpc) is 2.92. The molecule has 0 atom stereocenters. The number of nitrogens with zero attached hydrogens (tertiary/aromatic N) is 1. The molecule has 3 aromatic rings. The molecule has 0 amide bonds. The summed E-state index contributed by atoms with van der Waals surface area (Å²) in [4.78, 5) is 3.38. The first-order valence-electron chi connectivity index (χ1n) is 7.83. The number of nitrogens with one attached hydrogen (secondary N) is 2. The van der Waals surface area contributed by atoms with Gasteiger partial charge in [0.25, 0.3) is 0 Å². The third-order valence-corrected chi connectivity index (χ3v) is 4.18. The van der Waals surface area contributed by atoms with E-state index in [1.54, 1.807) is 12.1 Å². The van der Waals surface area contributed by atoms with Crippen LogP contribution in [-0.2, 0) is 6.42 Å². The van der Waals surface area contributed by atoms with Crippen molar-refractivity contribution in [2.75, 3.05) is 13.1 Å². The quantitative estimate of drug-likeness (QED) is 0.640. The Kier molecular flexibility index (Phi) is 5.14. The van der Waals surface area contributed by atoms with Crippen molar-refractivity contribution in [1.29, 1.82) is 5.26 Å². The van der Waals surface area contributed by atoms with Crippen LogP contribution < -0.4 is 5.32 Å². The zero-order valence-electron chi connectivity index (χ0n) is 13.1. The fourth-order valence-electron chi connectivity index (χ4n) is 2.86. The van der Waals surface area contributed by atoms with Crippen LogP contribution >= 0.6 is 11.6 Å². The van der Waals surface area contributed by atoms with Gasteiger partial charge in [0.1, 0.15) is 5.82 Å². The molecule has 0 radical (unpaired) electrons. The molecule has 0 aliphatic carbocycles. The maximum Gasteiger partial charge on any atom is 0.131 e. The Labute approximate surface area is 145 Å². The molecule has 1 heterocycles. The molecule has 0 saturated heterocycles. The smallest absolute Gasteiger partial charge is 0.131 e. The molecule has 0 bridgehead atoms. The highest BCUT2D eigenvalue weighted by molar-refractivity contribution is 6.31. The number of aromatic amines is 1. The zero-order chi connectivity index (χ0) is 16.9. The molecule has 0 spiro atoms. The molecular formula is C19H17ClFN3. The van der Waals surface area contributed by atoms with E-state index in [0.717, 1.165) is 22.2 Å². The molecule has 3 rings (SSSR count). The summed E-state index contributed by atoms with van der Waals surface area (Å²) in [5, 5.41) is 13.3. The minimum absolute atomic E-state index is 0.253. The maximum absolute atomic E-state index is 14.4. The Morgan fingerprint density at radius 2 is 2.00 bits per heavy atom. The number of rotatable bonds is 6. The van der Waals surface area contributed by atoms with E-state index in [9.17, 15) is 4.39 Å². The number of nitriles is 1. The average molecular weight is 342 g/mol. The van der Waals surface area contributed by atoms with Crippen molar-refractivity contribution < 1.29 is 4.39 Å². The van der Waals surface area contributed by atoms with Gasteiger partial charge in [-0.15, -0.1) is 0 Å². The summed E-state index contributed by atoms with van der Waals surface area (Å²) in [6.07, 6.45) is 1.18. The lowest BCUT2D eigenvalue weighted by molar-refractivity contribution is 0.631. The first kappa shape index (κ1) is 16.5. The van der Waals surface area contributed by atoms with Crippen molar-refractivity contribution in [3.8, 4) is 17.2 Å². The van der Waals surface area contributed by atoms with Gasteiger partial charge in [0.2, 0.25) is 0 Å². The van der Waals surface area contributed by atoms with Crippen LogP contribution in [0.2, 0.25) is 5.02 Å². The van der Waals surface area contributed by atoms with Crippen LogP contribution in [0.15, 0.2) is 42.5 Å². The summed E-state index contributed by atoms with van der Waals surface area (Å²) < 4.78 is 14.4. The molecule has 3 nitrogen and oxygen atoms in total. The summed E-state index contributed by atoms with van der Waals surface area (Å²) in [6, 6.07) is 14.5. The van der Waals surface area contributed by atoms with E-state index in [1.807, 2.05) is 24.3 Å². The summed E-state index contributed by atoms with van der Waals surface area (Å²) in [5.41, 5.74) is 3.32. The van der Waals surface area contributed by atoms with Gasteiger partial charge in [-0.1, -0.05) is 29.8 Å². The summed E-state index contributed by atoms with van der Waals surface area (Å²) in [6.45, 7) is 1.36. The first-order chi connectivity index (χ1) is 11.7. The van der Waals surface area contributed by atoms with Gasteiger partial charge in [-0.25, -0.2) is 4.39 Å². The second-order valence-electron chi connectivity index (χ2n) is 5.56. The van der Waals surface area contributed by atoms with Crippen molar-refractivity contribution in [1.82, 2.24) is 10.3 Å². The maximum atomic E-state index is 14.4. The van der Waals surface area contributed by atoms with Gasteiger partial charge < -0.3 is 10.3 Å². The predicted molar refractivity (Wildman–Crippen MR) is 95.5 cm³/mol. The van der Waals surface area contributed by atoms with Gasteiger partial charge in [-0.3, -0.25) is 0 Å². The summed E-state index contributed by atoms with van der Waals surface area (Å²) >= 11 is 6.14. The van der Waals surface area contributed by atoms with Crippen molar-refractivity contribution in [3.05, 3.63) is 59.0 Å². The van der Waals surface area contributed by atoms with Crippen LogP contribution in [0.4, 0.5) is 4.39 Å². The third kappa shape index (κ3) is 3.43. The van der Waals surface area contributed by atoms with Crippen LogP contribution in [0.3, 0.4) is 0 Å². The summed E-state index contributed by atoms with van der Waals surface area (Å²) in [5.74, 6) is -0.253. The molecule has 1 aromatic heterocycles. The fraction of sp³-hybridized carbons (Fsp3) is 0.211. The number of halogens is 2. The van der Waals surface area contributed by atoms with Crippen LogP contribution in [0.5, 0.6) is 0 Å². The van der Waals surface area contributed by atoms with E-state index in [0.29, 0.717) is 36.5 Å². The number of fused-ring (bicyclic) bond motifs is 1. The minimum Gasteiger partial charge on any atom is -0.358 e. The molecule has 5 heteroatoms. The number of benzene rings is 2. The van der Waals surface area contributed by atoms with Gasteiger partial charge in [0.05, 0.1) is 6.07 Å². The molecule has 0 aliphatic heterocycles. The number of aromatic nitrogens is 1. The second-order valence-corrected chi connectivity index (χ2v) is 5.99. The molecule has 0 fully saturated rings. The molecule has 0 aliphatic rings. The van der Waals surface area contributed by atoms with Crippen LogP contribution in [0.25, 0.3) is 22.0 Å². The Morgan fingerprint density at radius 3 is 2.79 bits per heavy atom. The Balaban J connectivity index is 2.00. The van der Waals surface area contributed by atoms with Crippen molar-refractivity contribution >= 4 is 22.5 Å². The lowest BCUT2D eigenvalue weighted by Crippen LogP contribution is -2.18. The van der Waals surface area contributed by atoms with Gasteiger partial charge >= 0.3 is 0 Å². The highest BCUT2D eigenvalue weighted by Gasteiger charge is 2.16. The molecule has 0 saturated carbocycles. The molecule has 2 aromatic carbocycles. The molecule has 122 valence electrons. The number of hydrogen-bond acceptors (Lipinski definition) is 2. The van der Waals surface area contributed by atoms with Crippen LogP contribution in [-0.4, -0.2) is 18.1 Å². The van der Waals surface area contributed by atoms with E-state index in [2.05, 4.69) is 16.4 Å².